The topological polar surface area (TPSA) is 80.5 Å². The predicted molar refractivity (Wildman–Crippen MR) is 74.1 cm³/mol. The Morgan fingerprint density at radius 1 is 1.44 bits per heavy atom. The van der Waals surface area contributed by atoms with E-state index >= 15 is 0 Å². The molecule has 0 aromatic carbocycles. The summed E-state index contributed by atoms with van der Waals surface area (Å²) in [4.78, 5) is 13.6. The number of carbonyl (C=O) groups is 1. The van der Waals surface area contributed by atoms with E-state index in [0.717, 1.165) is 0 Å². The molecule has 3 N–H and O–H groups in total. The Kier molecular flexibility index (Phi) is 5.70. The van der Waals surface area contributed by atoms with E-state index in [2.05, 4.69) is 9.69 Å². The smallest absolute Gasteiger partial charge is 0.241 e. The van der Waals surface area contributed by atoms with Crippen LogP contribution in [0.2, 0.25) is 0 Å². The van der Waals surface area contributed by atoms with Crippen LogP contribution >= 0.6 is 11.5 Å². The third kappa shape index (κ3) is 3.49. The minimum absolute atomic E-state index is 0.0504. The zero-order chi connectivity index (χ0) is 13.5. The van der Waals surface area contributed by atoms with Gasteiger partial charge < -0.3 is 20.7 Å². The molecule has 18 heavy (non-hydrogen) atoms. The highest BCUT2D eigenvalue weighted by molar-refractivity contribution is 7.11. The average molecular weight is 272 g/mol. The van der Waals surface area contributed by atoms with Crippen LogP contribution in [0.15, 0.2) is 0 Å². The number of aromatic nitrogens is 1. The van der Waals surface area contributed by atoms with Crippen molar-refractivity contribution >= 4 is 28.3 Å². The number of likely N-dealkylation sites (N-methyl/N-ethyl adjacent to an activating group) is 1. The lowest BCUT2D eigenvalue weighted by atomic mass is 10.4. The fourth-order valence-corrected chi connectivity index (χ4v) is 2.19. The number of nitrogens with two attached hydrogens (primary N) is 1. The first-order valence-electron chi connectivity index (χ1n) is 6.03. The largest absolute Gasteiger partial charge is 0.487 e. The van der Waals surface area contributed by atoms with Gasteiger partial charge in [-0.25, -0.2) is 0 Å². The third-order valence-corrected chi connectivity index (χ3v) is 3.28. The number of nitrogen functional groups attached to an aromatic ring is 1. The fourth-order valence-electron chi connectivity index (χ4n) is 1.53. The lowest BCUT2D eigenvalue weighted by Crippen LogP contribution is -2.35. The molecule has 0 fully saturated rings. The molecule has 1 amide bonds. The molecule has 1 aromatic rings. The van der Waals surface area contributed by atoms with Crippen molar-refractivity contribution in [2.45, 2.75) is 20.8 Å². The number of hydrogen-bond donors (Lipinski definition) is 2. The summed E-state index contributed by atoms with van der Waals surface area (Å²) in [6, 6.07) is 0. The van der Waals surface area contributed by atoms with Crippen LogP contribution in [0.25, 0.3) is 0 Å². The van der Waals surface area contributed by atoms with Gasteiger partial charge in [-0.05, 0) is 32.3 Å². The van der Waals surface area contributed by atoms with Crippen molar-refractivity contribution in [3.63, 3.8) is 0 Å². The summed E-state index contributed by atoms with van der Waals surface area (Å²) >= 11 is 1.20. The number of amides is 1. The summed E-state index contributed by atoms with van der Waals surface area (Å²) in [7, 11) is 0. The Bertz CT molecular complexity index is 390. The van der Waals surface area contributed by atoms with Crippen LogP contribution in [-0.4, -0.2) is 41.4 Å². The molecule has 0 radical (unpaired) electrons. The summed E-state index contributed by atoms with van der Waals surface area (Å²) in [5.41, 5.74) is 5.68. The molecule has 0 unspecified atom stereocenters. The van der Waals surface area contributed by atoms with Gasteiger partial charge in [-0.1, -0.05) is 0 Å². The minimum Gasteiger partial charge on any atom is -0.487 e. The van der Waals surface area contributed by atoms with E-state index in [1.165, 1.54) is 11.5 Å². The van der Waals surface area contributed by atoms with Crippen LogP contribution in [0.4, 0.5) is 10.8 Å². The van der Waals surface area contributed by atoms with Crippen LogP contribution in [0.5, 0.6) is 5.75 Å². The van der Waals surface area contributed by atoms with E-state index < -0.39 is 0 Å². The Hall–Kier alpha value is -1.50. The first-order valence-corrected chi connectivity index (χ1v) is 6.80. The summed E-state index contributed by atoms with van der Waals surface area (Å²) in [5.74, 6) is 0.948. The maximum absolute atomic E-state index is 11.8. The number of hydrogen-bond acceptors (Lipinski definition) is 6. The van der Waals surface area contributed by atoms with Gasteiger partial charge in [0.15, 0.2) is 16.6 Å². The van der Waals surface area contributed by atoms with Crippen molar-refractivity contribution in [2.24, 2.45) is 0 Å². The van der Waals surface area contributed by atoms with E-state index in [0.29, 0.717) is 36.3 Å². The van der Waals surface area contributed by atoms with Crippen molar-refractivity contribution in [3.8, 4) is 5.75 Å². The van der Waals surface area contributed by atoms with Gasteiger partial charge in [-0.3, -0.25) is 4.79 Å². The van der Waals surface area contributed by atoms with E-state index in [9.17, 15) is 4.79 Å². The highest BCUT2D eigenvalue weighted by Gasteiger charge is 2.15. The first kappa shape index (κ1) is 14.6. The number of rotatable bonds is 7. The number of nitrogens with one attached hydrogen (secondary N) is 1. The van der Waals surface area contributed by atoms with E-state index in [-0.39, 0.29) is 12.5 Å². The monoisotopic (exact) mass is 272 g/mol. The molecule has 0 aliphatic rings. The lowest BCUT2D eigenvalue weighted by Gasteiger charge is -2.18. The van der Waals surface area contributed by atoms with Crippen LogP contribution in [0.3, 0.4) is 0 Å². The molecule has 7 heteroatoms. The molecule has 1 rings (SSSR count). The van der Waals surface area contributed by atoms with Gasteiger partial charge in [0.1, 0.15) is 0 Å². The van der Waals surface area contributed by atoms with Gasteiger partial charge in [-0.15, -0.1) is 0 Å². The second-order valence-corrected chi connectivity index (χ2v) is 4.35. The second kappa shape index (κ2) is 7.05. The van der Waals surface area contributed by atoms with E-state index in [1.807, 2.05) is 20.8 Å². The molecule has 0 atom stereocenters. The molecule has 0 saturated heterocycles. The number of carbonyl (C=O) groups excluding carboxylic acids is 1. The Morgan fingerprint density at radius 2 is 2.11 bits per heavy atom. The zero-order valence-electron chi connectivity index (χ0n) is 11.0. The van der Waals surface area contributed by atoms with Gasteiger partial charge in [0.2, 0.25) is 5.91 Å². The van der Waals surface area contributed by atoms with Crippen molar-refractivity contribution < 1.29 is 9.53 Å². The van der Waals surface area contributed by atoms with Crippen LogP contribution in [0, 0.1) is 0 Å². The van der Waals surface area contributed by atoms with Crippen LogP contribution < -0.4 is 15.8 Å². The quantitative estimate of drug-likeness (QED) is 0.784. The maximum Gasteiger partial charge on any atom is 0.241 e. The molecular weight excluding hydrogens is 252 g/mol. The number of ether oxygens (including phenoxy) is 1. The van der Waals surface area contributed by atoms with Crippen LogP contribution in [0.1, 0.15) is 20.8 Å². The summed E-state index contributed by atoms with van der Waals surface area (Å²) in [5, 5.41) is 3.73. The first-order chi connectivity index (χ1) is 8.63. The number of nitrogens with zero attached hydrogens (tertiary/aromatic N) is 2. The molecule has 6 nitrogen and oxygen atoms in total. The molecule has 102 valence electrons. The Morgan fingerprint density at radius 3 is 2.67 bits per heavy atom. The standard InChI is InChI=1S/C11H20N4O2S/c1-4-15(5-2)8(16)7-13-11-9(17-6-3)10(12)14-18-11/h13H,4-7H2,1-3H3,(H2,12,14). The molecule has 0 aliphatic heterocycles. The molecule has 0 saturated carbocycles. The molecule has 0 spiro atoms. The van der Waals surface area contributed by atoms with E-state index in [1.54, 1.807) is 4.90 Å². The SMILES string of the molecule is CCOc1c(N)nsc1NCC(=O)N(CC)CC. The maximum atomic E-state index is 11.8. The molecular formula is C11H20N4O2S. The fraction of sp³-hybridized carbons (Fsp3) is 0.636. The summed E-state index contributed by atoms with van der Waals surface area (Å²) in [6.07, 6.45) is 0. The van der Waals surface area contributed by atoms with Gasteiger partial charge in [-0.2, -0.15) is 4.37 Å². The van der Waals surface area contributed by atoms with Crippen LogP contribution in [-0.2, 0) is 4.79 Å². The zero-order valence-corrected chi connectivity index (χ0v) is 11.8. The minimum atomic E-state index is 0.0504. The number of anilines is 2. The molecule has 1 heterocycles. The average Bonchev–Trinajstić information content (AvgIpc) is 2.70. The third-order valence-electron chi connectivity index (χ3n) is 2.48. The molecule has 0 bridgehead atoms. The molecule has 1 aromatic heterocycles. The highest BCUT2D eigenvalue weighted by atomic mass is 32.1. The Balaban J connectivity index is 2.60. The van der Waals surface area contributed by atoms with Gasteiger partial charge in [0.25, 0.3) is 0 Å². The predicted octanol–water partition coefficient (Wildman–Crippen LogP) is 1.40. The van der Waals surface area contributed by atoms with Gasteiger partial charge in [0, 0.05) is 13.1 Å². The van der Waals surface area contributed by atoms with Crippen molar-refractivity contribution in [3.05, 3.63) is 0 Å². The summed E-state index contributed by atoms with van der Waals surface area (Å²) < 4.78 is 9.39. The van der Waals surface area contributed by atoms with Gasteiger partial charge >= 0.3 is 0 Å². The normalized spacial score (nSPS) is 10.2. The second-order valence-electron chi connectivity index (χ2n) is 3.58. The van der Waals surface area contributed by atoms with Gasteiger partial charge in [0.05, 0.1) is 13.2 Å². The highest BCUT2D eigenvalue weighted by Crippen LogP contribution is 2.34. The van der Waals surface area contributed by atoms with E-state index in [4.69, 9.17) is 10.5 Å². The Labute approximate surface area is 111 Å². The van der Waals surface area contributed by atoms with Crippen molar-refractivity contribution in [1.82, 2.24) is 9.27 Å². The van der Waals surface area contributed by atoms with Crippen molar-refractivity contribution in [2.75, 3.05) is 37.3 Å². The van der Waals surface area contributed by atoms with Crippen molar-refractivity contribution in [1.29, 1.82) is 0 Å². The summed E-state index contributed by atoms with van der Waals surface area (Å²) in [6.45, 7) is 7.95. The lowest BCUT2D eigenvalue weighted by molar-refractivity contribution is -0.128. The molecule has 0 aliphatic carbocycles.